The first-order chi connectivity index (χ1) is 8.40. The lowest BCUT2D eigenvalue weighted by atomic mass is 10.1. The summed E-state index contributed by atoms with van der Waals surface area (Å²) in [6, 6.07) is 1.94. The van der Waals surface area contributed by atoms with Gasteiger partial charge in [-0.2, -0.15) is 0 Å². The molecule has 2 nitrogen and oxygen atoms in total. The zero-order valence-electron chi connectivity index (χ0n) is 9.47. The summed E-state index contributed by atoms with van der Waals surface area (Å²) in [6.45, 7) is 4.02. The monoisotopic (exact) mass is 428 g/mol. The molecule has 7 heteroatoms. The molecule has 0 saturated carbocycles. The average Bonchev–Trinajstić information content (AvgIpc) is 2.57. The third kappa shape index (κ3) is 2.90. The van der Waals surface area contributed by atoms with Gasteiger partial charge >= 0.3 is 0 Å². The smallest absolute Gasteiger partial charge is 0.172 e. The first kappa shape index (κ1) is 14.7. The maximum atomic E-state index is 6.17. The van der Waals surface area contributed by atoms with Gasteiger partial charge in [0.1, 0.15) is 10.3 Å². The Labute approximate surface area is 136 Å². The van der Waals surface area contributed by atoms with Crippen LogP contribution in [0.15, 0.2) is 14.3 Å². The van der Waals surface area contributed by atoms with Crippen molar-refractivity contribution in [1.29, 1.82) is 0 Å². The van der Waals surface area contributed by atoms with Crippen molar-refractivity contribution in [3.63, 3.8) is 0 Å². The van der Waals surface area contributed by atoms with Crippen molar-refractivity contribution in [2.24, 2.45) is 0 Å². The lowest BCUT2D eigenvalue weighted by Gasteiger charge is -2.10. The molecule has 0 N–H and O–H groups in total. The maximum Gasteiger partial charge on any atom is 0.172 e. The molecule has 0 spiro atoms. The SMILES string of the molecule is CC(C)c1c(Cl)nc(-c2cc(Br)c(Br)s2)nc1Cl. The van der Waals surface area contributed by atoms with E-state index in [0.29, 0.717) is 16.1 Å². The summed E-state index contributed by atoms with van der Waals surface area (Å²) in [5.74, 6) is 0.742. The molecule has 2 heterocycles. The highest BCUT2D eigenvalue weighted by Gasteiger charge is 2.17. The Hall–Kier alpha value is 0.320. The molecule has 0 aliphatic carbocycles. The summed E-state index contributed by atoms with van der Waals surface area (Å²) in [5.41, 5.74) is 0.789. The number of halogens is 4. The first-order valence-electron chi connectivity index (χ1n) is 5.08. The van der Waals surface area contributed by atoms with Gasteiger partial charge in [-0.15, -0.1) is 11.3 Å². The Morgan fingerprint density at radius 2 is 1.72 bits per heavy atom. The van der Waals surface area contributed by atoms with Crippen molar-refractivity contribution in [2.75, 3.05) is 0 Å². The number of thiophene rings is 1. The van der Waals surface area contributed by atoms with E-state index in [0.717, 1.165) is 18.7 Å². The zero-order chi connectivity index (χ0) is 13.4. The van der Waals surface area contributed by atoms with Crippen LogP contribution in [0.5, 0.6) is 0 Å². The molecule has 96 valence electrons. The van der Waals surface area contributed by atoms with Crippen molar-refractivity contribution in [1.82, 2.24) is 9.97 Å². The van der Waals surface area contributed by atoms with Crippen LogP contribution in [-0.2, 0) is 0 Å². The van der Waals surface area contributed by atoms with Gasteiger partial charge < -0.3 is 0 Å². The topological polar surface area (TPSA) is 25.8 Å². The van der Waals surface area contributed by atoms with Crippen LogP contribution < -0.4 is 0 Å². The molecule has 0 aliphatic rings. The highest BCUT2D eigenvalue weighted by molar-refractivity contribution is 9.13. The fourth-order valence-electron chi connectivity index (χ4n) is 1.46. The van der Waals surface area contributed by atoms with E-state index in [4.69, 9.17) is 23.2 Å². The van der Waals surface area contributed by atoms with Gasteiger partial charge in [0.05, 0.1) is 8.66 Å². The van der Waals surface area contributed by atoms with Crippen LogP contribution in [-0.4, -0.2) is 9.97 Å². The summed E-state index contributed by atoms with van der Waals surface area (Å²) in [7, 11) is 0. The molecule has 2 aromatic rings. The van der Waals surface area contributed by atoms with Crippen LogP contribution in [0, 0.1) is 0 Å². The lowest BCUT2D eigenvalue weighted by Crippen LogP contribution is -1.98. The van der Waals surface area contributed by atoms with Gasteiger partial charge in [0.15, 0.2) is 5.82 Å². The standard InChI is InChI=1S/C11H8Br2Cl2N2S/c1-4(2)7-9(14)16-11(17-10(7)15)6-3-5(12)8(13)18-6/h3-4H,1-2H3. The van der Waals surface area contributed by atoms with E-state index in [9.17, 15) is 0 Å². The van der Waals surface area contributed by atoms with E-state index in [1.54, 1.807) is 0 Å². The minimum absolute atomic E-state index is 0.195. The van der Waals surface area contributed by atoms with Crippen molar-refractivity contribution < 1.29 is 0 Å². The molecule has 2 aromatic heterocycles. The fraction of sp³-hybridized carbons (Fsp3) is 0.273. The van der Waals surface area contributed by atoms with Crippen LogP contribution >= 0.6 is 66.4 Å². The van der Waals surface area contributed by atoms with Crippen molar-refractivity contribution in [3.8, 4) is 10.7 Å². The highest BCUT2D eigenvalue weighted by atomic mass is 79.9. The molecular formula is C11H8Br2Cl2N2S. The van der Waals surface area contributed by atoms with E-state index < -0.39 is 0 Å². The Morgan fingerprint density at radius 1 is 1.17 bits per heavy atom. The third-order valence-corrected chi connectivity index (χ3v) is 6.12. The van der Waals surface area contributed by atoms with E-state index in [1.807, 2.05) is 19.9 Å². The van der Waals surface area contributed by atoms with E-state index in [2.05, 4.69) is 41.8 Å². The van der Waals surface area contributed by atoms with Crippen LogP contribution in [0.4, 0.5) is 0 Å². The maximum absolute atomic E-state index is 6.17. The Morgan fingerprint density at radius 3 is 2.11 bits per heavy atom. The van der Waals surface area contributed by atoms with Crippen LogP contribution in [0.1, 0.15) is 25.3 Å². The van der Waals surface area contributed by atoms with Gasteiger partial charge in [-0.25, -0.2) is 9.97 Å². The van der Waals surface area contributed by atoms with Crippen molar-refractivity contribution in [2.45, 2.75) is 19.8 Å². The average molecular weight is 431 g/mol. The molecule has 0 saturated heterocycles. The first-order valence-corrected chi connectivity index (χ1v) is 8.24. The van der Waals surface area contributed by atoms with Gasteiger partial charge in [0.25, 0.3) is 0 Å². The number of hydrogen-bond acceptors (Lipinski definition) is 3. The van der Waals surface area contributed by atoms with E-state index >= 15 is 0 Å². The molecule has 0 amide bonds. The summed E-state index contributed by atoms with van der Waals surface area (Å²) in [4.78, 5) is 9.55. The Balaban J connectivity index is 2.54. The van der Waals surface area contributed by atoms with Crippen molar-refractivity contribution in [3.05, 3.63) is 30.2 Å². The molecule has 0 fully saturated rings. The second-order valence-corrected chi connectivity index (χ2v) is 7.87. The molecule has 18 heavy (non-hydrogen) atoms. The molecule has 2 rings (SSSR count). The normalized spacial score (nSPS) is 11.3. The second kappa shape index (κ2) is 5.75. The van der Waals surface area contributed by atoms with Gasteiger partial charge in [-0.3, -0.25) is 0 Å². The zero-order valence-corrected chi connectivity index (χ0v) is 15.0. The van der Waals surface area contributed by atoms with Gasteiger partial charge in [0, 0.05) is 10.0 Å². The molecular weight excluding hydrogens is 423 g/mol. The number of nitrogens with zero attached hydrogens (tertiary/aromatic N) is 2. The van der Waals surface area contributed by atoms with Crippen LogP contribution in [0.25, 0.3) is 10.7 Å². The molecule has 0 bridgehead atoms. The quantitative estimate of drug-likeness (QED) is 0.533. The third-order valence-electron chi connectivity index (χ3n) is 2.30. The Bertz CT molecular complexity index is 556. The van der Waals surface area contributed by atoms with E-state index in [1.165, 1.54) is 11.3 Å². The second-order valence-electron chi connectivity index (χ2n) is 3.93. The van der Waals surface area contributed by atoms with E-state index in [-0.39, 0.29) is 5.92 Å². The summed E-state index contributed by atoms with van der Waals surface area (Å²) < 4.78 is 1.95. The summed E-state index contributed by atoms with van der Waals surface area (Å²) in [5, 5.41) is 0.835. The minimum atomic E-state index is 0.195. The molecule has 0 aromatic carbocycles. The molecule has 0 radical (unpaired) electrons. The lowest BCUT2D eigenvalue weighted by molar-refractivity contribution is 0.848. The van der Waals surface area contributed by atoms with Gasteiger partial charge in [0.2, 0.25) is 0 Å². The predicted molar refractivity (Wildman–Crippen MR) is 84.9 cm³/mol. The molecule has 0 unspecified atom stereocenters. The molecule has 0 atom stereocenters. The highest BCUT2D eigenvalue weighted by Crippen LogP contribution is 2.38. The number of aromatic nitrogens is 2. The summed E-state index contributed by atoms with van der Waals surface area (Å²) >= 11 is 20.7. The minimum Gasteiger partial charge on any atom is -0.215 e. The van der Waals surface area contributed by atoms with Crippen LogP contribution in [0.2, 0.25) is 10.3 Å². The largest absolute Gasteiger partial charge is 0.215 e. The van der Waals surface area contributed by atoms with Crippen molar-refractivity contribution >= 4 is 66.4 Å². The van der Waals surface area contributed by atoms with Gasteiger partial charge in [-0.05, 0) is 43.8 Å². The predicted octanol–water partition coefficient (Wildman–Crippen LogP) is 6.16. The van der Waals surface area contributed by atoms with Crippen LogP contribution in [0.3, 0.4) is 0 Å². The fourth-order valence-corrected chi connectivity index (χ4v) is 4.25. The summed E-state index contributed by atoms with van der Waals surface area (Å²) in [6.07, 6.45) is 0. The number of hydrogen-bond donors (Lipinski definition) is 0. The number of rotatable bonds is 2. The Kier molecular flexibility index (Phi) is 4.70. The van der Waals surface area contributed by atoms with Gasteiger partial charge in [-0.1, -0.05) is 37.0 Å². The molecule has 0 aliphatic heterocycles.